The zero-order chi connectivity index (χ0) is 19.2. The van der Waals surface area contributed by atoms with E-state index in [0.717, 1.165) is 18.4 Å². The summed E-state index contributed by atoms with van der Waals surface area (Å²) in [5.41, 5.74) is 0.974. The molecule has 142 valence electrons. The van der Waals surface area contributed by atoms with Crippen LogP contribution in [0.2, 0.25) is 0 Å². The zero-order valence-corrected chi connectivity index (χ0v) is 16.2. The molecule has 0 unspecified atom stereocenters. The van der Waals surface area contributed by atoms with Gasteiger partial charge in [0.15, 0.2) is 0 Å². The number of carbonyl (C=O) groups excluding carboxylic acids is 2. The summed E-state index contributed by atoms with van der Waals surface area (Å²) in [7, 11) is 0. The van der Waals surface area contributed by atoms with Crippen LogP contribution in [0.15, 0.2) is 36.4 Å². The van der Waals surface area contributed by atoms with Crippen molar-refractivity contribution in [3.05, 3.63) is 42.0 Å². The normalized spacial score (nSPS) is 16.3. The van der Waals surface area contributed by atoms with Gasteiger partial charge in [-0.1, -0.05) is 36.4 Å². The predicted molar refractivity (Wildman–Crippen MR) is 102 cm³/mol. The number of esters is 1. The van der Waals surface area contributed by atoms with Gasteiger partial charge in [0.05, 0.1) is 12.2 Å². The quantitative estimate of drug-likeness (QED) is 0.595. The largest absolute Gasteiger partial charge is 0.462 e. The Bertz CT molecular complexity index is 638. The smallest absolute Gasteiger partial charge is 0.410 e. The highest BCUT2D eigenvalue weighted by atomic mass is 16.6. The van der Waals surface area contributed by atoms with Crippen LogP contribution in [0.25, 0.3) is 5.57 Å². The van der Waals surface area contributed by atoms with E-state index in [-0.39, 0.29) is 18.0 Å². The van der Waals surface area contributed by atoms with Crippen molar-refractivity contribution in [2.75, 3.05) is 19.7 Å². The SMILES string of the molecule is CCOC(=O)/C(=C\C1CCN(C(=O)OC(C)(C)C)CC1)c1ccccc1. The van der Waals surface area contributed by atoms with Gasteiger partial charge in [-0.05, 0) is 52.0 Å². The molecular weight excluding hydrogens is 330 g/mol. The van der Waals surface area contributed by atoms with Gasteiger partial charge >= 0.3 is 12.1 Å². The van der Waals surface area contributed by atoms with Gasteiger partial charge in [-0.15, -0.1) is 0 Å². The van der Waals surface area contributed by atoms with E-state index in [9.17, 15) is 9.59 Å². The summed E-state index contributed by atoms with van der Waals surface area (Å²) < 4.78 is 10.7. The molecule has 2 rings (SSSR count). The average molecular weight is 359 g/mol. The number of hydrogen-bond acceptors (Lipinski definition) is 4. The first-order valence-corrected chi connectivity index (χ1v) is 9.22. The molecule has 1 aromatic rings. The molecule has 0 aliphatic carbocycles. The second kappa shape index (κ2) is 8.88. The summed E-state index contributed by atoms with van der Waals surface area (Å²) in [5.74, 6) is -0.0680. The Morgan fingerprint density at radius 1 is 1.15 bits per heavy atom. The van der Waals surface area contributed by atoms with Crippen LogP contribution < -0.4 is 0 Å². The van der Waals surface area contributed by atoms with E-state index in [1.807, 2.05) is 57.2 Å². The Kier molecular flexibility index (Phi) is 6.83. The van der Waals surface area contributed by atoms with Crippen LogP contribution in [0.5, 0.6) is 0 Å². The monoisotopic (exact) mass is 359 g/mol. The van der Waals surface area contributed by atoms with Crippen molar-refractivity contribution in [1.29, 1.82) is 0 Å². The van der Waals surface area contributed by atoms with Crippen molar-refractivity contribution in [2.24, 2.45) is 5.92 Å². The first kappa shape index (κ1) is 20.0. The molecule has 1 fully saturated rings. The number of hydrogen-bond donors (Lipinski definition) is 0. The molecule has 0 radical (unpaired) electrons. The Balaban J connectivity index is 2.05. The van der Waals surface area contributed by atoms with Crippen molar-refractivity contribution in [3.63, 3.8) is 0 Å². The first-order chi connectivity index (χ1) is 12.3. The zero-order valence-electron chi connectivity index (χ0n) is 16.2. The number of nitrogens with zero attached hydrogens (tertiary/aromatic N) is 1. The number of rotatable bonds is 4. The van der Waals surface area contributed by atoms with E-state index in [1.54, 1.807) is 11.8 Å². The number of benzene rings is 1. The van der Waals surface area contributed by atoms with E-state index in [0.29, 0.717) is 25.3 Å². The molecule has 0 spiro atoms. The number of likely N-dealkylation sites (tertiary alicyclic amines) is 1. The molecule has 26 heavy (non-hydrogen) atoms. The summed E-state index contributed by atoms with van der Waals surface area (Å²) in [5, 5.41) is 0. The van der Waals surface area contributed by atoms with Crippen LogP contribution in [0, 0.1) is 5.92 Å². The number of piperidine rings is 1. The molecule has 0 atom stereocenters. The Hall–Kier alpha value is -2.30. The van der Waals surface area contributed by atoms with Gasteiger partial charge in [0.2, 0.25) is 0 Å². The van der Waals surface area contributed by atoms with Crippen molar-refractivity contribution >= 4 is 17.6 Å². The molecule has 1 aliphatic heterocycles. The highest BCUT2D eigenvalue weighted by Crippen LogP contribution is 2.25. The van der Waals surface area contributed by atoms with Gasteiger partial charge < -0.3 is 14.4 Å². The summed E-state index contributed by atoms with van der Waals surface area (Å²) in [4.78, 5) is 26.3. The molecule has 0 N–H and O–H groups in total. The maximum absolute atomic E-state index is 12.4. The third kappa shape index (κ3) is 5.90. The molecule has 5 heteroatoms. The lowest BCUT2D eigenvalue weighted by atomic mass is 9.92. The van der Waals surface area contributed by atoms with Crippen LogP contribution in [0.1, 0.15) is 46.1 Å². The van der Waals surface area contributed by atoms with Crippen LogP contribution in [-0.2, 0) is 14.3 Å². The maximum atomic E-state index is 12.4. The lowest BCUT2D eigenvalue weighted by Gasteiger charge is -2.32. The molecule has 1 saturated heterocycles. The van der Waals surface area contributed by atoms with Crippen LogP contribution in [-0.4, -0.2) is 42.3 Å². The molecule has 5 nitrogen and oxygen atoms in total. The van der Waals surface area contributed by atoms with Crippen molar-refractivity contribution in [3.8, 4) is 0 Å². The summed E-state index contributed by atoms with van der Waals surface area (Å²) in [6, 6.07) is 9.57. The van der Waals surface area contributed by atoms with E-state index >= 15 is 0 Å². The standard InChI is InChI=1S/C21H29NO4/c1-5-25-19(23)18(17-9-7-6-8-10-17)15-16-11-13-22(14-12-16)20(24)26-21(2,3)4/h6-10,15-16H,5,11-14H2,1-4H3/b18-15-. The first-order valence-electron chi connectivity index (χ1n) is 9.22. The Morgan fingerprint density at radius 2 is 1.77 bits per heavy atom. The fourth-order valence-electron chi connectivity index (χ4n) is 2.92. The third-order valence-corrected chi connectivity index (χ3v) is 4.17. The lowest BCUT2D eigenvalue weighted by Crippen LogP contribution is -2.41. The van der Waals surface area contributed by atoms with Crippen LogP contribution in [0.3, 0.4) is 0 Å². The molecule has 0 bridgehead atoms. The molecule has 1 aromatic carbocycles. The van der Waals surface area contributed by atoms with Gasteiger partial charge in [-0.25, -0.2) is 9.59 Å². The summed E-state index contributed by atoms with van der Waals surface area (Å²) >= 11 is 0. The third-order valence-electron chi connectivity index (χ3n) is 4.17. The molecule has 0 aromatic heterocycles. The number of amides is 1. The molecule has 1 amide bonds. The van der Waals surface area contributed by atoms with Crippen LogP contribution >= 0.6 is 0 Å². The van der Waals surface area contributed by atoms with Gasteiger partial charge in [0, 0.05) is 13.1 Å². The lowest BCUT2D eigenvalue weighted by molar-refractivity contribution is -0.136. The van der Waals surface area contributed by atoms with Gasteiger partial charge in [0.25, 0.3) is 0 Å². The van der Waals surface area contributed by atoms with Gasteiger partial charge in [0.1, 0.15) is 5.60 Å². The second-order valence-electron chi connectivity index (χ2n) is 7.47. The van der Waals surface area contributed by atoms with Gasteiger partial charge in [-0.2, -0.15) is 0 Å². The average Bonchev–Trinajstić information content (AvgIpc) is 2.59. The van der Waals surface area contributed by atoms with Crippen molar-refractivity contribution in [2.45, 2.75) is 46.1 Å². The summed E-state index contributed by atoms with van der Waals surface area (Å²) in [6.07, 6.45) is 3.33. The van der Waals surface area contributed by atoms with E-state index in [1.165, 1.54) is 0 Å². The highest BCUT2D eigenvalue weighted by Gasteiger charge is 2.27. The predicted octanol–water partition coefficient (Wildman–Crippen LogP) is 4.28. The fourth-order valence-corrected chi connectivity index (χ4v) is 2.92. The molecule has 1 aliphatic rings. The van der Waals surface area contributed by atoms with E-state index < -0.39 is 5.60 Å². The van der Waals surface area contributed by atoms with E-state index in [4.69, 9.17) is 9.47 Å². The highest BCUT2D eigenvalue weighted by molar-refractivity contribution is 6.16. The van der Waals surface area contributed by atoms with Crippen molar-refractivity contribution in [1.82, 2.24) is 4.90 Å². The Morgan fingerprint density at radius 3 is 2.31 bits per heavy atom. The molecule has 0 saturated carbocycles. The molecular formula is C21H29NO4. The topological polar surface area (TPSA) is 55.8 Å². The number of ether oxygens (including phenoxy) is 2. The van der Waals surface area contributed by atoms with Crippen LogP contribution in [0.4, 0.5) is 4.79 Å². The summed E-state index contributed by atoms with van der Waals surface area (Å²) in [6.45, 7) is 9.01. The minimum absolute atomic E-state index is 0.230. The maximum Gasteiger partial charge on any atom is 0.410 e. The fraction of sp³-hybridized carbons (Fsp3) is 0.524. The molecule has 1 heterocycles. The minimum Gasteiger partial charge on any atom is -0.462 e. The number of allylic oxidation sites excluding steroid dienone is 1. The second-order valence-corrected chi connectivity index (χ2v) is 7.47. The minimum atomic E-state index is -0.488. The van der Waals surface area contributed by atoms with Gasteiger partial charge in [-0.3, -0.25) is 0 Å². The Labute approximate surface area is 156 Å². The van der Waals surface area contributed by atoms with E-state index in [2.05, 4.69) is 0 Å². The number of carbonyl (C=O) groups is 2. The van der Waals surface area contributed by atoms with Crippen molar-refractivity contribution < 1.29 is 19.1 Å².